The molecule has 0 N–H and O–H groups in total. The van der Waals surface area contributed by atoms with Crippen LogP contribution in [0.1, 0.15) is 35.7 Å². The highest BCUT2D eigenvalue weighted by atomic mass is 19.1. The lowest BCUT2D eigenvalue weighted by molar-refractivity contribution is 0.0933. The Hall–Kier alpha value is -1.25. The first kappa shape index (κ1) is 9.31. The third-order valence-corrected chi connectivity index (χ3v) is 3.01. The van der Waals surface area contributed by atoms with E-state index in [1.165, 1.54) is 0 Å². The van der Waals surface area contributed by atoms with Gasteiger partial charge in [-0.15, -0.1) is 0 Å². The van der Waals surface area contributed by atoms with Crippen molar-refractivity contribution in [2.24, 2.45) is 5.92 Å². The Labute approximate surface area is 80.7 Å². The SMILES string of the molecule is CC1C(=O)c2c(F)ccc(F)c2C1C. The number of fused-ring (bicyclic) bond motifs is 1. The van der Waals surface area contributed by atoms with Crippen molar-refractivity contribution >= 4 is 5.78 Å². The first-order valence-electron chi connectivity index (χ1n) is 4.56. The van der Waals surface area contributed by atoms with E-state index in [0.717, 1.165) is 12.1 Å². The van der Waals surface area contributed by atoms with Gasteiger partial charge < -0.3 is 0 Å². The van der Waals surface area contributed by atoms with Crippen LogP contribution in [0.2, 0.25) is 0 Å². The molecule has 0 heterocycles. The monoisotopic (exact) mass is 196 g/mol. The maximum Gasteiger partial charge on any atom is 0.169 e. The molecule has 0 radical (unpaired) electrons. The van der Waals surface area contributed by atoms with Gasteiger partial charge in [-0.25, -0.2) is 8.78 Å². The number of carbonyl (C=O) groups is 1. The molecule has 14 heavy (non-hydrogen) atoms. The molecule has 2 unspecified atom stereocenters. The number of hydrogen-bond acceptors (Lipinski definition) is 1. The zero-order valence-electron chi connectivity index (χ0n) is 7.97. The molecular formula is C11H10F2O. The number of benzene rings is 1. The smallest absolute Gasteiger partial charge is 0.169 e. The zero-order chi connectivity index (χ0) is 10.5. The topological polar surface area (TPSA) is 17.1 Å². The van der Waals surface area contributed by atoms with Gasteiger partial charge in [0, 0.05) is 11.5 Å². The standard InChI is InChI=1S/C11H10F2O/c1-5-6(2)11(14)10-8(13)4-3-7(12)9(5)10/h3-6H,1-2H3. The Balaban J connectivity index is 2.74. The summed E-state index contributed by atoms with van der Waals surface area (Å²) in [5, 5.41) is 0. The maximum absolute atomic E-state index is 13.3. The molecule has 74 valence electrons. The number of Topliss-reactive ketones (excluding diaryl/α,β-unsaturated/α-hetero) is 1. The molecule has 1 aromatic rings. The predicted octanol–water partition coefficient (Wildman–Crippen LogP) is 2.90. The van der Waals surface area contributed by atoms with Crippen LogP contribution >= 0.6 is 0 Å². The first-order chi connectivity index (χ1) is 6.54. The van der Waals surface area contributed by atoms with E-state index in [1.54, 1.807) is 13.8 Å². The summed E-state index contributed by atoms with van der Waals surface area (Å²) in [7, 11) is 0. The van der Waals surface area contributed by atoms with Crippen molar-refractivity contribution in [3.05, 3.63) is 34.9 Å². The highest BCUT2D eigenvalue weighted by Crippen LogP contribution is 2.39. The lowest BCUT2D eigenvalue weighted by Gasteiger charge is -2.08. The summed E-state index contributed by atoms with van der Waals surface area (Å²) in [6.07, 6.45) is 0. The molecule has 1 aliphatic carbocycles. The van der Waals surface area contributed by atoms with E-state index >= 15 is 0 Å². The van der Waals surface area contributed by atoms with Crippen LogP contribution in [0.25, 0.3) is 0 Å². The van der Waals surface area contributed by atoms with Crippen molar-refractivity contribution in [1.29, 1.82) is 0 Å². The Kier molecular flexibility index (Phi) is 1.91. The van der Waals surface area contributed by atoms with Crippen LogP contribution in [0.4, 0.5) is 8.78 Å². The van der Waals surface area contributed by atoms with Gasteiger partial charge in [-0.2, -0.15) is 0 Å². The normalized spacial score (nSPS) is 25.3. The average Bonchev–Trinajstić information content (AvgIpc) is 2.38. The van der Waals surface area contributed by atoms with Gasteiger partial charge in [0.2, 0.25) is 0 Å². The van der Waals surface area contributed by atoms with Crippen molar-refractivity contribution in [3.8, 4) is 0 Å². The van der Waals surface area contributed by atoms with E-state index in [2.05, 4.69) is 0 Å². The summed E-state index contributed by atoms with van der Waals surface area (Å²) in [6, 6.07) is 2.09. The van der Waals surface area contributed by atoms with E-state index in [9.17, 15) is 13.6 Å². The Morgan fingerprint density at radius 1 is 1.07 bits per heavy atom. The quantitative estimate of drug-likeness (QED) is 0.623. The van der Waals surface area contributed by atoms with Crippen molar-refractivity contribution < 1.29 is 13.6 Å². The number of carbonyl (C=O) groups excluding carboxylic acids is 1. The van der Waals surface area contributed by atoms with E-state index in [0.29, 0.717) is 0 Å². The van der Waals surface area contributed by atoms with Gasteiger partial charge in [-0.05, 0) is 18.1 Å². The second-order valence-electron chi connectivity index (χ2n) is 3.76. The van der Waals surface area contributed by atoms with Gasteiger partial charge in [0.15, 0.2) is 5.78 Å². The minimum Gasteiger partial charge on any atom is -0.294 e. The summed E-state index contributed by atoms with van der Waals surface area (Å²) in [4.78, 5) is 11.6. The van der Waals surface area contributed by atoms with Crippen LogP contribution in [0, 0.1) is 17.6 Å². The number of hydrogen-bond donors (Lipinski definition) is 0. The minimum absolute atomic E-state index is 0.0509. The van der Waals surface area contributed by atoms with Crippen LogP contribution < -0.4 is 0 Å². The van der Waals surface area contributed by atoms with Crippen LogP contribution in [0.3, 0.4) is 0 Å². The lowest BCUT2D eigenvalue weighted by atomic mass is 9.96. The molecule has 0 saturated carbocycles. The van der Waals surface area contributed by atoms with Crippen molar-refractivity contribution in [2.75, 3.05) is 0 Å². The fraction of sp³-hybridized carbons (Fsp3) is 0.364. The molecule has 0 spiro atoms. The number of ketones is 1. The van der Waals surface area contributed by atoms with E-state index in [-0.39, 0.29) is 28.7 Å². The van der Waals surface area contributed by atoms with E-state index in [4.69, 9.17) is 0 Å². The third kappa shape index (κ3) is 1.01. The van der Waals surface area contributed by atoms with Gasteiger partial charge in [0.25, 0.3) is 0 Å². The Morgan fingerprint density at radius 3 is 2.21 bits per heavy atom. The predicted molar refractivity (Wildman–Crippen MR) is 48.3 cm³/mol. The fourth-order valence-electron chi connectivity index (χ4n) is 1.97. The summed E-state index contributed by atoms with van der Waals surface area (Å²) < 4.78 is 26.6. The van der Waals surface area contributed by atoms with Crippen molar-refractivity contribution in [1.82, 2.24) is 0 Å². The fourth-order valence-corrected chi connectivity index (χ4v) is 1.97. The highest BCUT2D eigenvalue weighted by Gasteiger charge is 2.38. The van der Waals surface area contributed by atoms with Crippen LogP contribution in [0.5, 0.6) is 0 Å². The van der Waals surface area contributed by atoms with Gasteiger partial charge in [-0.3, -0.25) is 4.79 Å². The molecule has 1 aromatic carbocycles. The van der Waals surface area contributed by atoms with Crippen LogP contribution in [-0.2, 0) is 0 Å². The molecule has 1 aliphatic rings. The lowest BCUT2D eigenvalue weighted by Crippen LogP contribution is -2.07. The Morgan fingerprint density at radius 2 is 1.64 bits per heavy atom. The summed E-state index contributed by atoms with van der Waals surface area (Å²) in [5.74, 6) is -1.93. The molecule has 1 nitrogen and oxygen atoms in total. The maximum atomic E-state index is 13.3. The van der Waals surface area contributed by atoms with Crippen LogP contribution in [0.15, 0.2) is 12.1 Å². The van der Waals surface area contributed by atoms with Gasteiger partial charge in [0.05, 0.1) is 5.56 Å². The summed E-state index contributed by atoms with van der Waals surface area (Å²) in [6.45, 7) is 3.45. The summed E-state index contributed by atoms with van der Waals surface area (Å²) in [5.41, 5.74) is 0.188. The van der Waals surface area contributed by atoms with Crippen molar-refractivity contribution in [2.45, 2.75) is 19.8 Å². The van der Waals surface area contributed by atoms with Gasteiger partial charge in [0.1, 0.15) is 11.6 Å². The van der Waals surface area contributed by atoms with Crippen LogP contribution in [-0.4, -0.2) is 5.78 Å². The van der Waals surface area contributed by atoms with Gasteiger partial charge >= 0.3 is 0 Å². The number of halogens is 2. The largest absolute Gasteiger partial charge is 0.294 e. The second-order valence-corrected chi connectivity index (χ2v) is 3.76. The molecule has 2 atom stereocenters. The molecule has 0 amide bonds. The first-order valence-corrected chi connectivity index (χ1v) is 4.56. The number of rotatable bonds is 0. The highest BCUT2D eigenvalue weighted by molar-refractivity contribution is 6.03. The average molecular weight is 196 g/mol. The molecule has 3 heteroatoms. The molecule has 0 aliphatic heterocycles. The van der Waals surface area contributed by atoms with E-state index < -0.39 is 11.6 Å². The third-order valence-electron chi connectivity index (χ3n) is 3.01. The van der Waals surface area contributed by atoms with Gasteiger partial charge in [-0.1, -0.05) is 13.8 Å². The molecular weight excluding hydrogens is 186 g/mol. The minimum atomic E-state index is -0.609. The summed E-state index contributed by atoms with van der Waals surface area (Å²) >= 11 is 0. The Bertz CT molecular complexity index is 412. The van der Waals surface area contributed by atoms with E-state index in [1.807, 2.05) is 0 Å². The molecule has 2 rings (SSSR count). The molecule has 0 bridgehead atoms. The molecule has 0 aromatic heterocycles. The van der Waals surface area contributed by atoms with Crippen molar-refractivity contribution in [3.63, 3.8) is 0 Å². The zero-order valence-corrected chi connectivity index (χ0v) is 7.97. The molecule has 0 saturated heterocycles. The molecule has 0 fully saturated rings. The second kappa shape index (κ2) is 2.87.